The summed E-state index contributed by atoms with van der Waals surface area (Å²) in [6, 6.07) is 0. The van der Waals surface area contributed by atoms with E-state index >= 15 is 0 Å². The molecule has 0 heterocycles. The minimum atomic E-state index is -4.25. The van der Waals surface area contributed by atoms with Crippen LogP contribution in [0.1, 0.15) is 12.8 Å². The molecule has 90 valence electrons. The number of aliphatic hydroxyl groups is 1. The summed E-state index contributed by atoms with van der Waals surface area (Å²) in [5, 5.41) is 11.9. The lowest BCUT2D eigenvalue weighted by Crippen LogP contribution is -2.30. The van der Waals surface area contributed by atoms with Crippen molar-refractivity contribution in [3.8, 4) is 0 Å². The summed E-state index contributed by atoms with van der Waals surface area (Å²) >= 11 is 0. The summed E-state index contributed by atoms with van der Waals surface area (Å²) < 4.78 is 39.3. The van der Waals surface area contributed by atoms with Crippen molar-refractivity contribution in [2.45, 2.75) is 19.0 Å². The van der Waals surface area contributed by atoms with Crippen LogP contribution in [0.15, 0.2) is 0 Å². The summed E-state index contributed by atoms with van der Waals surface area (Å²) in [5.41, 5.74) is -0.00989. The van der Waals surface area contributed by atoms with Gasteiger partial charge in [-0.1, -0.05) is 0 Å². The van der Waals surface area contributed by atoms with Crippen molar-refractivity contribution >= 4 is 0 Å². The highest BCUT2D eigenvalue weighted by atomic mass is 19.4. The molecule has 15 heavy (non-hydrogen) atoms. The van der Waals surface area contributed by atoms with Crippen LogP contribution in [-0.4, -0.2) is 44.2 Å². The lowest BCUT2D eigenvalue weighted by molar-refractivity contribution is -0.173. The molecule has 0 radical (unpaired) electrons. The summed E-state index contributed by atoms with van der Waals surface area (Å²) in [6.45, 7) is 0.0287. The van der Waals surface area contributed by atoms with Crippen LogP contribution in [0.2, 0.25) is 0 Å². The van der Waals surface area contributed by atoms with Crippen LogP contribution in [0.5, 0.6) is 0 Å². The Hall–Kier alpha value is -0.330. The predicted octanol–water partition coefficient (Wildman–Crippen LogP) is 0.927. The molecule has 1 saturated carbocycles. The Kier molecular flexibility index (Phi) is 4.36. The van der Waals surface area contributed by atoms with Crippen LogP contribution in [0.3, 0.4) is 0 Å². The number of alkyl halides is 3. The van der Waals surface area contributed by atoms with Gasteiger partial charge in [-0.05, 0) is 12.8 Å². The summed E-state index contributed by atoms with van der Waals surface area (Å²) in [4.78, 5) is 0. The van der Waals surface area contributed by atoms with E-state index in [1.807, 2.05) is 0 Å². The molecule has 1 rings (SSSR count). The summed E-state index contributed by atoms with van der Waals surface area (Å²) in [5.74, 6) is 0. The van der Waals surface area contributed by atoms with Crippen molar-refractivity contribution in [3.05, 3.63) is 0 Å². The average molecular weight is 227 g/mol. The fraction of sp³-hybridized carbons (Fsp3) is 1.00. The fourth-order valence-corrected chi connectivity index (χ4v) is 1.25. The standard InChI is InChI=1S/C9H16F3NO2/c10-9(11,12)7-15-4-3-13-5-8(6-14)1-2-8/h13-14H,1-7H2. The van der Waals surface area contributed by atoms with Crippen LogP contribution >= 0.6 is 0 Å². The Bertz CT molecular complexity index is 192. The molecule has 0 unspecified atom stereocenters. The van der Waals surface area contributed by atoms with E-state index in [-0.39, 0.29) is 18.6 Å². The Morgan fingerprint density at radius 1 is 1.33 bits per heavy atom. The fourth-order valence-electron chi connectivity index (χ4n) is 1.25. The Balaban J connectivity index is 1.90. The molecule has 1 aliphatic carbocycles. The number of aliphatic hydroxyl groups excluding tert-OH is 1. The van der Waals surface area contributed by atoms with Crippen LogP contribution in [0, 0.1) is 5.41 Å². The molecule has 0 atom stereocenters. The molecular formula is C9H16F3NO2. The van der Waals surface area contributed by atoms with E-state index < -0.39 is 12.8 Å². The topological polar surface area (TPSA) is 41.5 Å². The van der Waals surface area contributed by atoms with E-state index in [2.05, 4.69) is 10.1 Å². The van der Waals surface area contributed by atoms with Gasteiger partial charge in [-0.2, -0.15) is 13.2 Å². The third kappa shape index (κ3) is 5.34. The van der Waals surface area contributed by atoms with Crippen molar-refractivity contribution in [1.82, 2.24) is 5.32 Å². The minimum Gasteiger partial charge on any atom is -0.396 e. The highest BCUT2D eigenvalue weighted by Crippen LogP contribution is 2.44. The molecular weight excluding hydrogens is 211 g/mol. The van der Waals surface area contributed by atoms with Gasteiger partial charge in [0.05, 0.1) is 6.61 Å². The van der Waals surface area contributed by atoms with E-state index in [0.717, 1.165) is 12.8 Å². The van der Waals surface area contributed by atoms with E-state index in [0.29, 0.717) is 13.1 Å². The van der Waals surface area contributed by atoms with Gasteiger partial charge in [-0.3, -0.25) is 0 Å². The number of rotatable bonds is 7. The normalized spacial score (nSPS) is 19.2. The van der Waals surface area contributed by atoms with E-state index in [1.54, 1.807) is 0 Å². The van der Waals surface area contributed by atoms with Gasteiger partial charge in [0, 0.05) is 25.1 Å². The molecule has 3 nitrogen and oxygen atoms in total. The van der Waals surface area contributed by atoms with E-state index in [1.165, 1.54) is 0 Å². The van der Waals surface area contributed by atoms with Crippen molar-refractivity contribution in [2.75, 3.05) is 32.9 Å². The SMILES string of the molecule is OCC1(CNCCOCC(F)(F)F)CC1. The zero-order chi connectivity index (χ0) is 11.4. The first-order valence-corrected chi connectivity index (χ1v) is 4.94. The van der Waals surface area contributed by atoms with Crippen molar-refractivity contribution in [1.29, 1.82) is 0 Å². The second-order valence-electron chi connectivity index (χ2n) is 4.00. The number of nitrogens with one attached hydrogen (secondary N) is 1. The van der Waals surface area contributed by atoms with Gasteiger partial charge in [-0.25, -0.2) is 0 Å². The lowest BCUT2D eigenvalue weighted by Gasteiger charge is -2.13. The van der Waals surface area contributed by atoms with Crippen LogP contribution in [0.25, 0.3) is 0 Å². The second kappa shape index (κ2) is 5.14. The third-order valence-corrected chi connectivity index (χ3v) is 2.48. The van der Waals surface area contributed by atoms with Gasteiger partial charge in [0.1, 0.15) is 6.61 Å². The van der Waals surface area contributed by atoms with Crippen molar-refractivity contribution < 1.29 is 23.0 Å². The zero-order valence-electron chi connectivity index (χ0n) is 8.44. The smallest absolute Gasteiger partial charge is 0.396 e. The highest BCUT2D eigenvalue weighted by Gasteiger charge is 2.41. The largest absolute Gasteiger partial charge is 0.411 e. The monoisotopic (exact) mass is 227 g/mol. The van der Waals surface area contributed by atoms with Crippen LogP contribution < -0.4 is 5.32 Å². The molecule has 0 bridgehead atoms. The zero-order valence-corrected chi connectivity index (χ0v) is 8.44. The van der Waals surface area contributed by atoms with Gasteiger partial charge >= 0.3 is 6.18 Å². The number of hydrogen-bond donors (Lipinski definition) is 2. The number of halogens is 3. The van der Waals surface area contributed by atoms with Crippen molar-refractivity contribution in [2.24, 2.45) is 5.41 Å². The first-order chi connectivity index (χ1) is 6.97. The lowest BCUT2D eigenvalue weighted by atomic mass is 10.1. The molecule has 0 aromatic carbocycles. The van der Waals surface area contributed by atoms with E-state index in [4.69, 9.17) is 5.11 Å². The minimum absolute atomic E-state index is 0.00989. The summed E-state index contributed by atoms with van der Waals surface area (Å²) in [7, 11) is 0. The molecule has 0 aromatic rings. The van der Waals surface area contributed by atoms with Crippen molar-refractivity contribution in [3.63, 3.8) is 0 Å². The molecule has 0 amide bonds. The van der Waals surface area contributed by atoms with Gasteiger partial charge in [0.25, 0.3) is 0 Å². The molecule has 6 heteroatoms. The molecule has 1 fully saturated rings. The maximum Gasteiger partial charge on any atom is 0.411 e. The van der Waals surface area contributed by atoms with Gasteiger partial charge in [0.15, 0.2) is 0 Å². The summed E-state index contributed by atoms with van der Waals surface area (Å²) in [6.07, 6.45) is -2.28. The molecule has 0 aromatic heterocycles. The first-order valence-electron chi connectivity index (χ1n) is 4.94. The molecule has 2 N–H and O–H groups in total. The molecule has 1 aliphatic rings. The molecule has 0 saturated heterocycles. The maximum absolute atomic E-state index is 11.6. The molecule has 0 spiro atoms. The van der Waals surface area contributed by atoms with Crippen LogP contribution in [-0.2, 0) is 4.74 Å². The average Bonchev–Trinajstić information content (AvgIpc) is 2.90. The quantitative estimate of drug-likeness (QED) is 0.636. The predicted molar refractivity (Wildman–Crippen MR) is 48.5 cm³/mol. The Labute approximate surface area is 86.6 Å². The van der Waals surface area contributed by atoms with Gasteiger partial charge < -0.3 is 15.2 Å². The number of ether oxygens (including phenoxy) is 1. The van der Waals surface area contributed by atoms with Crippen LogP contribution in [0.4, 0.5) is 13.2 Å². The van der Waals surface area contributed by atoms with E-state index in [9.17, 15) is 13.2 Å². The number of hydrogen-bond acceptors (Lipinski definition) is 3. The van der Waals surface area contributed by atoms with Gasteiger partial charge in [-0.15, -0.1) is 0 Å². The second-order valence-corrected chi connectivity index (χ2v) is 4.00. The first kappa shape index (κ1) is 12.7. The maximum atomic E-state index is 11.6. The Morgan fingerprint density at radius 3 is 2.47 bits per heavy atom. The van der Waals surface area contributed by atoms with Gasteiger partial charge in [0.2, 0.25) is 0 Å². The molecule has 0 aliphatic heterocycles. The third-order valence-electron chi connectivity index (χ3n) is 2.48. The highest BCUT2D eigenvalue weighted by molar-refractivity contribution is 4.94. The Morgan fingerprint density at radius 2 is 2.00 bits per heavy atom.